The molecule has 0 saturated carbocycles. The molecule has 1 aromatic carbocycles. The molecule has 0 unspecified atom stereocenters. The molecule has 2 fully saturated rings. The third-order valence-corrected chi connectivity index (χ3v) is 10.9. The summed E-state index contributed by atoms with van der Waals surface area (Å²) in [5.74, 6) is 0.289. The summed E-state index contributed by atoms with van der Waals surface area (Å²) in [7, 11) is 3.51. The van der Waals surface area contributed by atoms with Gasteiger partial charge in [-0.2, -0.15) is 0 Å². The lowest BCUT2D eigenvalue weighted by atomic mass is 9.99. The molecule has 3 amide bonds. The van der Waals surface area contributed by atoms with E-state index in [1.54, 1.807) is 25.3 Å². The zero-order valence-corrected chi connectivity index (χ0v) is 32.3. The summed E-state index contributed by atoms with van der Waals surface area (Å²) in [5, 5.41) is 9.41. The van der Waals surface area contributed by atoms with Gasteiger partial charge in [-0.25, -0.2) is 9.78 Å². The van der Waals surface area contributed by atoms with Crippen LogP contribution in [0.2, 0.25) is 10.0 Å². The van der Waals surface area contributed by atoms with Gasteiger partial charge in [0.05, 0.1) is 45.1 Å². The molecule has 2 aliphatic heterocycles. The molecule has 6 heterocycles. The summed E-state index contributed by atoms with van der Waals surface area (Å²) in [5.41, 5.74) is 7.60. The Morgan fingerprint density at radius 1 is 1.00 bits per heavy atom. The highest BCUT2D eigenvalue weighted by atomic mass is 35.5. The lowest BCUT2D eigenvalue weighted by Crippen LogP contribution is -2.43. The van der Waals surface area contributed by atoms with Crippen molar-refractivity contribution in [2.75, 3.05) is 26.7 Å². The first kappa shape index (κ1) is 38.1. The van der Waals surface area contributed by atoms with Gasteiger partial charge in [0.2, 0.25) is 17.7 Å². The maximum Gasteiger partial charge on any atom is 0.407 e. The first-order valence-corrected chi connectivity index (χ1v) is 18.9. The van der Waals surface area contributed by atoms with Gasteiger partial charge in [-0.05, 0) is 43.5 Å². The Morgan fingerprint density at radius 3 is 2.53 bits per heavy atom. The molecule has 0 aliphatic carbocycles. The number of aryl methyl sites for hydroxylation is 1. The molecule has 4 aromatic heterocycles. The number of hydrogen-bond acceptors (Lipinski definition) is 9. The van der Waals surface area contributed by atoms with Crippen LogP contribution in [0.4, 0.5) is 4.79 Å². The Hall–Kier alpha value is -5.24. The maximum absolute atomic E-state index is 12.3. The molecule has 0 spiro atoms. The van der Waals surface area contributed by atoms with Crippen molar-refractivity contribution in [3.05, 3.63) is 82.2 Å². The van der Waals surface area contributed by atoms with Crippen LogP contribution in [0.5, 0.6) is 5.88 Å². The highest BCUT2D eigenvalue weighted by Gasteiger charge is 2.24. The Balaban J connectivity index is 1.07. The van der Waals surface area contributed by atoms with Gasteiger partial charge < -0.3 is 30.0 Å². The number of piperidine rings is 1. The SMILES string of the molecule is COc1nc(-c2cccc(-c3ccnc(-c4cnc5c(CN6CCC(NC(C)=O)CC6)cn(C)c5c4)c3Cl)c2Cl)ccc1COC(=O)NC[C@@H]1CCC(=O)N1. The van der Waals surface area contributed by atoms with Gasteiger partial charge in [0, 0.05) is 105 Å². The van der Waals surface area contributed by atoms with Crippen LogP contribution < -0.4 is 20.7 Å². The number of nitrogens with one attached hydrogen (secondary N) is 3. The zero-order valence-electron chi connectivity index (χ0n) is 30.8. The van der Waals surface area contributed by atoms with E-state index in [0.717, 1.165) is 54.6 Å². The van der Waals surface area contributed by atoms with E-state index in [-0.39, 0.29) is 36.4 Å². The van der Waals surface area contributed by atoms with E-state index < -0.39 is 6.09 Å². The minimum absolute atomic E-state index is 0.0200. The number of hydrogen-bond donors (Lipinski definition) is 3. The van der Waals surface area contributed by atoms with E-state index in [0.29, 0.717) is 63.1 Å². The van der Waals surface area contributed by atoms with Gasteiger partial charge in [-0.1, -0.05) is 41.4 Å². The summed E-state index contributed by atoms with van der Waals surface area (Å²) in [6, 6.07) is 13.2. The van der Waals surface area contributed by atoms with E-state index in [1.165, 1.54) is 7.11 Å². The van der Waals surface area contributed by atoms with Crippen LogP contribution in [0.25, 0.3) is 44.7 Å². The van der Waals surface area contributed by atoms with Crippen LogP contribution >= 0.6 is 23.2 Å². The van der Waals surface area contributed by atoms with E-state index in [4.69, 9.17) is 37.7 Å². The molecule has 1 atom stereocenters. The first-order chi connectivity index (χ1) is 26.6. The average molecular weight is 786 g/mol. The summed E-state index contributed by atoms with van der Waals surface area (Å²) in [6.07, 6.45) is 8.01. The number of rotatable bonds is 11. The van der Waals surface area contributed by atoms with Gasteiger partial charge in [0.25, 0.3) is 0 Å². The van der Waals surface area contributed by atoms with Crippen LogP contribution in [-0.4, -0.2) is 81.2 Å². The highest BCUT2D eigenvalue weighted by molar-refractivity contribution is 6.39. The minimum Gasteiger partial charge on any atom is -0.481 e. The molecule has 55 heavy (non-hydrogen) atoms. The fraction of sp³-hybridized carbons (Fsp3) is 0.350. The second-order valence-electron chi connectivity index (χ2n) is 13.9. The van der Waals surface area contributed by atoms with Crippen LogP contribution in [-0.2, 0) is 34.5 Å². The van der Waals surface area contributed by atoms with Crippen molar-refractivity contribution >= 4 is 52.1 Å². The van der Waals surface area contributed by atoms with E-state index in [2.05, 4.69) is 47.6 Å². The summed E-state index contributed by atoms with van der Waals surface area (Å²) >= 11 is 14.2. The second kappa shape index (κ2) is 16.6. The van der Waals surface area contributed by atoms with Crippen molar-refractivity contribution in [1.29, 1.82) is 0 Å². The van der Waals surface area contributed by atoms with Crippen LogP contribution in [0.3, 0.4) is 0 Å². The monoisotopic (exact) mass is 784 g/mol. The Bertz CT molecular complexity index is 2250. The number of aromatic nitrogens is 4. The topological polar surface area (TPSA) is 153 Å². The standard InChI is InChI=1S/C40H42Cl2N8O5/c1-23(51)46-27-12-15-50(16-13-27)21-26-20-49(2)33-17-25(18-44-37(26)33)38-36(42)30(11-14-43-38)29-5-4-6-31(35(29)41)32-9-7-24(39(48-32)54-3)22-55-40(53)45-19-28-8-10-34(52)47-28/h4-7,9,11,14,17-18,20,27-28H,8,10,12-13,15-16,19,21-22H2,1-3H3,(H,45,53)(H,46,51)(H,47,52)/t28-/m0/s1. The number of halogens is 2. The molecular weight excluding hydrogens is 743 g/mol. The van der Waals surface area contributed by atoms with E-state index in [9.17, 15) is 14.4 Å². The number of amides is 3. The predicted molar refractivity (Wildman–Crippen MR) is 211 cm³/mol. The lowest BCUT2D eigenvalue weighted by Gasteiger charge is -2.31. The van der Waals surface area contributed by atoms with Gasteiger partial charge in [-0.15, -0.1) is 0 Å². The third kappa shape index (κ3) is 8.54. The predicted octanol–water partition coefficient (Wildman–Crippen LogP) is 6.29. The number of carbonyl (C=O) groups excluding carboxylic acids is 3. The first-order valence-electron chi connectivity index (χ1n) is 18.2. The van der Waals surface area contributed by atoms with Gasteiger partial charge in [0.1, 0.15) is 6.61 Å². The summed E-state index contributed by atoms with van der Waals surface area (Å²) in [6.45, 7) is 4.39. The van der Waals surface area contributed by atoms with Crippen LogP contribution in [0.1, 0.15) is 43.7 Å². The number of methoxy groups -OCH3 is 1. The third-order valence-electron chi connectivity index (χ3n) is 10.1. The van der Waals surface area contributed by atoms with Crippen molar-refractivity contribution in [2.24, 2.45) is 7.05 Å². The molecule has 7 rings (SSSR count). The van der Waals surface area contributed by atoms with Crippen molar-refractivity contribution in [2.45, 2.75) is 57.8 Å². The van der Waals surface area contributed by atoms with Crippen LogP contribution in [0, 0.1) is 0 Å². The van der Waals surface area contributed by atoms with Gasteiger partial charge >= 0.3 is 6.09 Å². The largest absolute Gasteiger partial charge is 0.481 e. The number of alkyl carbamates (subject to hydrolysis) is 1. The summed E-state index contributed by atoms with van der Waals surface area (Å²) in [4.78, 5) is 51.9. The van der Waals surface area contributed by atoms with Crippen molar-refractivity contribution in [3.63, 3.8) is 0 Å². The van der Waals surface area contributed by atoms with E-state index >= 15 is 0 Å². The van der Waals surface area contributed by atoms with Gasteiger partial charge in [-0.3, -0.25) is 24.5 Å². The molecule has 5 aromatic rings. The number of carbonyl (C=O) groups is 3. The molecule has 2 saturated heterocycles. The maximum atomic E-state index is 12.3. The van der Waals surface area contributed by atoms with Crippen molar-refractivity contribution in [1.82, 2.24) is 40.4 Å². The minimum atomic E-state index is -0.603. The zero-order chi connectivity index (χ0) is 38.6. The smallest absolute Gasteiger partial charge is 0.407 e. The fourth-order valence-electron chi connectivity index (χ4n) is 7.27. The molecule has 0 radical (unpaired) electrons. The molecular formula is C40H42Cl2N8O5. The highest BCUT2D eigenvalue weighted by Crippen LogP contribution is 2.42. The van der Waals surface area contributed by atoms with Gasteiger partial charge in [0.15, 0.2) is 0 Å². The molecule has 2 aliphatic rings. The van der Waals surface area contributed by atoms with Crippen molar-refractivity contribution in [3.8, 4) is 39.5 Å². The molecule has 3 N–H and O–H groups in total. The number of ether oxygens (including phenoxy) is 2. The molecule has 15 heteroatoms. The quantitative estimate of drug-likeness (QED) is 0.140. The Morgan fingerprint density at radius 2 is 1.78 bits per heavy atom. The van der Waals surface area contributed by atoms with Crippen molar-refractivity contribution < 1.29 is 23.9 Å². The Kier molecular flexibility index (Phi) is 11.5. The fourth-order valence-corrected chi connectivity index (χ4v) is 7.92. The molecule has 286 valence electrons. The molecule has 13 nitrogen and oxygen atoms in total. The molecule has 0 bridgehead atoms. The lowest BCUT2D eigenvalue weighted by molar-refractivity contribution is -0.120. The number of nitrogens with zero attached hydrogens (tertiary/aromatic N) is 5. The number of fused-ring (bicyclic) bond motifs is 1. The second-order valence-corrected chi connectivity index (χ2v) is 14.7. The number of benzene rings is 1. The van der Waals surface area contributed by atoms with E-state index in [1.807, 2.05) is 37.5 Å². The number of pyridine rings is 3. The average Bonchev–Trinajstić information content (AvgIpc) is 3.74. The number of likely N-dealkylation sites (tertiary alicyclic amines) is 1. The Labute approximate surface area is 328 Å². The summed E-state index contributed by atoms with van der Waals surface area (Å²) < 4.78 is 13.0. The van der Waals surface area contributed by atoms with Crippen LogP contribution in [0.15, 0.2) is 61.1 Å². The normalized spacial score (nSPS) is 16.2.